The lowest BCUT2D eigenvalue weighted by Gasteiger charge is -2.02. The van der Waals surface area contributed by atoms with E-state index in [1.807, 2.05) is 13.8 Å². The Morgan fingerprint density at radius 2 is 2.12 bits per heavy atom. The van der Waals surface area contributed by atoms with Gasteiger partial charge in [0.25, 0.3) is 0 Å². The van der Waals surface area contributed by atoms with Gasteiger partial charge in [0.05, 0.1) is 7.11 Å². The summed E-state index contributed by atoms with van der Waals surface area (Å²) in [7, 11) is 1.54. The van der Waals surface area contributed by atoms with Crippen molar-refractivity contribution in [2.45, 2.75) is 32.6 Å². The molecule has 3 aromatic rings. The Balaban J connectivity index is 1.63. The fraction of sp³-hybridized carbons (Fsp3) is 0.429. The van der Waals surface area contributed by atoms with Gasteiger partial charge < -0.3 is 10.1 Å². The number of aromatic nitrogens is 6. The maximum absolute atomic E-state index is 12.1. The molecule has 3 heterocycles. The lowest BCUT2D eigenvalue weighted by molar-refractivity contribution is -0.116. The molecule has 24 heavy (non-hydrogen) atoms. The smallest absolute Gasteiger partial charge is 0.231 e. The first-order chi connectivity index (χ1) is 11.6. The number of fused-ring (bicyclic) bond motifs is 1. The minimum Gasteiger partial charge on any atom is -0.480 e. The summed E-state index contributed by atoms with van der Waals surface area (Å²) in [6, 6.07) is 3.47. The van der Waals surface area contributed by atoms with Crippen molar-refractivity contribution in [2.24, 2.45) is 0 Å². The second-order valence-electron chi connectivity index (χ2n) is 5.41. The van der Waals surface area contributed by atoms with Gasteiger partial charge in [-0.1, -0.05) is 25.2 Å². The highest BCUT2D eigenvalue weighted by Gasteiger charge is 2.13. The van der Waals surface area contributed by atoms with Gasteiger partial charge in [-0.25, -0.2) is 0 Å². The third kappa shape index (κ3) is 3.48. The van der Waals surface area contributed by atoms with Crippen LogP contribution in [0.25, 0.3) is 5.65 Å². The van der Waals surface area contributed by atoms with Crippen LogP contribution in [-0.2, 0) is 11.2 Å². The van der Waals surface area contributed by atoms with Gasteiger partial charge in [0.2, 0.25) is 16.9 Å². The van der Waals surface area contributed by atoms with E-state index in [2.05, 4.69) is 30.8 Å². The molecule has 3 aromatic heterocycles. The fourth-order valence-corrected chi connectivity index (χ4v) is 2.77. The van der Waals surface area contributed by atoms with E-state index in [0.717, 1.165) is 5.01 Å². The van der Waals surface area contributed by atoms with Crippen LogP contribution >= 0.6 is 11.3 Å². The summed E-state index contributed by atoms with van der Waals surface area (Å²) in [5, 5.41) is 24.5. The second kappa shape index (κ2) is 6.87. The molecule has 0 atom stereocenters. The summed E-state index contributed by atoms with van der Waals surface area (Å²) >= 11 is 1.38. The zero-order chi connectivity index (χ0) is 17.1. The molecule has 0 saturated heterocycles. The molecule has 0 aliphatic carbocycles. The van der Waals surface area contributed by atoms with Crippen molar-refractivity contribution >= 4 is 28.0 Å². The molecular weight excluding hydrogens is 330 g/mol. The molecule has 0 aromatic carbocycles. The third-order valence-electron chi connectivity index (χ3n) is 3.27. The van der Waals surface area contributed by atoms with Crippen LogP contribution in [0.4, 0.5) is 5.13 Å². The Morgan fingerprint density at radius 3 is 2.83 bits per heavy atom. The molecule has 0 fully saturated rings. The van der Waals surface area contributed by atoms with Crippen molar-refractivity contribution in [3.8, 4) is 5.88 Å². The molecule has 3 rings (SSSR count). The Labute approximate surface area is 142 Å². The zero-order valence-electron chi connectivity index (χ0n) is 13.6. The van der Waals surface area contributed by atoms with Gasteiger partial charge in [-0.05, 0) is 6.07 Å². The maximum Gasteiger partial charge on any atom is 0.231 e. The Hall–Kier alpha value is -2.62. The number of carbonyl (C=O) groups excluding carboxylic acids is 1. The van der Waals surface area contributed by atoms with Gasteiger partial charge in [-0.3, -0.25) is 4.79 Å². The van der Waals surface area contributed by atoms with Crippen molar-refractivity contribution in [3.05, 3.63) is 23.0 Å². The largest absolute Gasteiger partial charge is 0.480 e. The molecule has 0 aliphatic rings. The van der Waals surface area contributed by atoms with E-state index >= 15 is 0 Å². The number of nitrogens with one attached hydrogen (secondary N) is 1. The predicted octanol–water partition coefficient (Wildman–Crippen LogP) is 1.68. The molecule has 1 amide bonds. The van der Waals surface area contributed by atoms with E-state index in [0.29, 0.717) is 28.9 Å². The van der Waals surface area contributed by atoms with Crippen LogP contribution in [0.5, 0.6) is 5.88 Å². The highest BCUT2D eigenvalue weighted by molar-refractivity contribution is 7.15. The van der Waals surface area contributed by atoms with Crippen LogP contribution in [0.1, 0.15) is 37.0 Å². The van der Waals surface area contributed by atoms with E-state index in [1.165, 1.54) is 11.3 Å². The van der Waals surface area contributed by atoms with Crippen LogP contribution in [0, 0.1) is 0 Å². The normalized spacial score (nSPS) is 11.2. The minimum atomic E-state index is -0.152. The highest BCUT2D eigenvalue weighted by Crippen LogP contribution is 2.22. The summed E-state index contributed by atoms with van der Waals surface area (Å²) in [6.45, 7) is 4.06. The number of ether oxygens (including phenoxy) is 1. The van der Waals surface area contributed by atoms with Crippen molar-refractivity contribution in [1.82, 2.24) is 30.0 Å². The van der Waals surface area contributed by atoms with Gasteiger partial charge >= 0.3 is 0 Å². The fourth-order valence-electron chi connectivity index (χ4n) is 2.01. The van der Waals surface area contributed by atoms with Crippen LogP contribution in [-0.4, -0.2) is 43.0 Å². The van der Waals surface area contributed by atoms with Crippen LogP contribution < -0.4 is 10.1 Å². The van der Waals surface area contributed by atoms with E-state index in [4.69, 9.17) is 4.74 Å². The van der Waals surface area contributed by atoms with Crippen LogP contribution in [0.15, 0.2) is 12.1 Å². The highest BCUT2D eigenvalue weighted by atomic mass is 32.1. The molecule has 0 radical (unpaired) electrons. The maximum atomic E-state index is 12.1. The standard InChI is InChI=1S/C14H17N7O2S/c1-8(2)13-18-19-14(24-13)15-11(22)6-4-9-16-17-10-5-7-12(23-3)20-21(9)10/h5,7-8H,4,6H2,1-3H3,(H,15,19,22). The number of methoxy groups -OCH3 is 1. The van der Waals surface area contributed by atoms with E-state index in [9.17, 15) is 4.79 Å². The number of nitrogens with zero attached hydrogens (tertiary/aromatic N) is 6. The van der Waals surface area contributed by atoms with Gasteiger partial charge in [-0.2, -0.15) is 4.52 Å². The summed E-state index contributed by atoms with van der Waals surface area (Å²) in [6.07, 6.45) is 0.652. The van der Waals surface area contributed by atoms with Crippen molar-refractivity contribution in [1.29, 1.82) is 0 Å². The molecule has 10 heteroatoms. The first-order valence-corrected chi connectivity index (χ1v) is 8.27. The molecular formula is C14H17N7O2S. The number of anilines is 1. The Bertz CT molecular complexity index is 858. The summed E-state index contributed by atoms with van der Waals surface area (Å²) < 4.78 is 6.67. The molecule has 0 saturated carbocycles. The molecule has 0 spiro atoms. The zero-order valence-corrected chi connectivity index (χ0v) is 14.4. The summed E-state index contributed by atoms with van der Waals surface area (Å²) in [5.74, 6) is 1.19. The van der Waals surface area contributed by atoms with Gasteiger partial charge in [0.15, 0.2) is 11.5 Å². The lowest BCUT2D eigenvalue weighted by atomic mass is 10.2. The number of hydrogen-bond donors (Lipinski definition) is 1. The van der Waals surface area contributed by atoms with E-state index in [1.54, 1.807) is 23.8 Å². The van der Waals surface area contributed by atoms with Crippen LogP contribution in [0.2, 0.25) is 0 Å². The molecule has 126 valence electrons. The number of carbonyl (C=O) groups is 1. The van der Waals surface area contributed by atoms with Crippen molar-refractivity contribution in [3.63, 3.8) is 0 Å². The first-order valence-electron chi connectivity index (χ1n) is 7.45. The monoisotopic (exact) mass is 347 g/mol. The van der Waals surface area contributed by atoms with Gasteiger partial charge in [-0.15, -0.1) is 25.5 Å². The first kappa shape index (κ1) is 16.2. The van der Waals surface area contributed by atoms with Crippen molar-refractivity contribution < 1.29 is 9.53 Å². The number of amides is 1. The molecule has 0 bridgehead atoms. The van der Waals surface area contributed by atoms with Gasteiger partial charge in [0.1, 0.15) is 5.01 Å². The van der Waals surface area contributed by atoms with E-state index < -0.39 is 0 Å². The van der Waals surface area contributed by atoms with Crippen LogP contribution in [0.3, 0.4) is 0 Å². The number of rotatable bonds is 6. The average molecular weight is 347 g/mol. The molecule has 0 aliphatic heterocycles. The topological polar surface area (TPSA) is 107 Å². The Kier molecular flexibility index (Phi) is 4.65. The quantitative estimate of drug-likeness (QED) is 0.723. The predicted molar refractivity (Wildman–Crippen MR) is 88.3 cm³/mol. The average Bonchev–Trinajstić information content (AvgIpc) is 3.19. The Morgan fingerprint density at radius 1 is 1.29 bits per heavy atom. The minimum absolute atomic E-state index is 0.152. The summed E-state index contributed by atoms with van der Waals surface area (Å²) in [4.78, 5) is 12.1. The number of hydrogen-bond acceptors (Lipinski definition) is 8. The SMILES string of the molecule is COc1ccc2nnc(CCC(=O)Nc3nnc(C(C)C)s3)n2n1. The molecule has 0 unspecified atom stereocenters. The summed E-state index contributed by atoms with van der Waals surface area (Å²) in [5.41, 5.74) is 0.608. The lowest BCUT2D eigenvalue weighted by Crippen LogP contribution is -2.13. The number of aryl methyl sites for hydroxylation is 1. The molecule has 1 N–H and O–H groups in total. The molecule has 9 nitrogen and oxygen atoms in total. The van der Waals surface area contributed by atoms with Crippen molar-refractivity contribution in [2.75, 3.05) is 12.4 Å². The second-order valence-corrected chi connectivity index (χ2v) is 6.42. The van der Waals surface area contributed by atoms with Gasteiger partial charge in [0, 0.05) is 24.8 Å². The van der Waals surface area contributed by atoms with E-state index in [-0.39, 0.29) is 18.2 Å². The third-order valence-corrected chi connectivity index (χ3v) is 4.41.